The summed E-state index contributed by atoms with van der Waals surface area (Å²) in [7, 11) is 0. The van der Waals surface area contributed by atoms with Gasteiger partial charge in [-0.3, -0.25) is 10.1 Å². The van der Waals surface area contributed by atoms with Crippen LogP contribution in [-0.2, 0) is 4.79 Å². The number of rotatable bonds is 6. The zero-order valence-electron chi connectivity index (χ0n) is 13.0. The number of nitrogens with zero attached hydrogens (tertiary/aromatic N) is 1. The predicted molar refractivity (Wildman–Crippen MR) is 78.7 cm³/mol. The first kappa shape index (κ1) is 14.8. The van der Waals surface area contributed by atoms with Crippen LogP contribution in [0.2, 0.25) is 0 Å². The van der Waals surface area contributed by atoms with Crippen molar-refractivity contribution in [1.29, 1.82) is 0 Å². The van der Waals surface area contributed by atoms with Crippen LogP contribution in [0.1, 0.15) is 66.2 Å². The smallest absolute Gasteiger partial charge is 0.241 e. The monoisotopic (exact) mass is 266 g/mol. The Kier molecular flexibility index (Phi) is 4.54. The van der Waals surface area contributed by atoms with Crippen molar-refractivity contribution in [3.63, 3.8) is 0 Å². The number of hydrogen-bond donors (Lipinski definition) is 1. The highest BCUT2D eigenvalue weighted by Crippen LogP contribution is 2.45. The molecule has 2 unspecified atom stereocenters. The first-order chi connectivity index (χ1) is 9.03. The van der Waals surface area contributed by atoms with E-state index >= 15 is 0 Å². The minimum atomic E-state index is 0.0615. The van der Waals surface area contributed by atoms with Gasteiger partial charge in [0.1, 0.15) is 0 Å². The fourth-order valence-electron chi connectivity index (χ4n) is 3.59. The first-order valence-electron chi connectivity index (χ1n) is 8.09. The van der Waals surface area contributed by atoms with Gasteiger partial charge in [0.25, 0.3) is 0 Å². The second kappa shape index (κ2) is 5.82. The third-order valence-corrected chi connectivity index (χ3v) is 5.17. The molecule has 1 heterocycles. The van der Waals surface area contributed by atoms with Crippen LogP contribution in [0.25, 0.3) is 0 Å². The highest BCUT2D eigenvalue weighted by atomic mass is 16.2. The van der Waals surface area contributed by atoms with Gasteiger partial charge in [0.2, 0.25) is 5.91 Å². The molecule has 2 fully saturated rings. The molecule has 0 spiro atoms. The molecule has 0 aromatic carbocycles. The molecule has 0 aromatic heterocycles. The molecule has 2 aliphatic rings. The zero-order valence-corrected chi connectivity index (χ0v) is 13.0. The zero-order chi connectivity index (χ0) is 14.0. The van der Waals surface area contributed by atoms with Gasteiger partial charge in [0, 0.05) is 6.54 Å². The van der Waals surface area contributed by atoms with Crippen molar-refractivity contribution < 1.29 is 4.79 Å². The number of amides is 1. The molecule has 1 saturated heterocycles. The van der Waals surface area contributed by atoms with E-state index in [1.807, 2.05) is 0 Å². The van der Waals surface area contributed by atoms with Gasteiger partial charge in [-0.15, -0.1) is 0 Å². The van der Waals surface area contributed by atoms with Gasteiger partial charge in [-0.25, -0.2) is 0 Å². The van der Waals surface area contributed by atoms with Crippen LogP contribution in [0.5, 0.6) is 0 Å². The number of nitrogens with one attached hydrogen (secondary N) is 1. The van der Waals surface area contributed by atoms with Crippen LogP contribution in [-0.4, -0.2) is 29.6 Å². The van der Waals surface area contributed by atoms with Crippen molar-refractivity contribution in [2.24, 2.45) is 11.3 Å². The van der Waals surface area contributed by atoms with Gasteiger partial charge in [-0.1, -0.05) is 40.5 Å². The van der Waals surface area contributed by atoms with Gasteiger partial charge < -0.3 is 4.90 Å². The van der Waals surface area contributed by atoms with Crippen molar-refractivity contribution in [1.82, 2.24) is 10.2 Å². The van der Waals surface area contributed by atoms with Gasteiger partial charge in [-0.2, -0.15) is 0 Å². The molecular weight excluding hydrogens is 236 g/mol. The van der Waals surface area contributed by atoms with E-state index in [0.717, 1.165) is 19.4 Å². The second-order valence-electron chi connectivity index (χ2n) is 6.87. The lowest BCUT2D eigenvalue weighted by Gasteiger charge is -2.45. The third kappa shape index (κ3) is 2.81. The highest BCUT2D eigenvalue weighted by Gasteiger charge is 2.45. The van der Waals surface area contributed by atoms with Gasteiger partial charge in [0.05, 0.1) is 12.2 Å². The van der Waals surface area contributed by atoms with Crippen LogP contribution in [0, 0.1) is 11.3 Å². The maximum absolute atomic E-state index is 12.6. The van der Waals surface area contributed by atoms with Crippen molar-refractivity contribution in [3.05, 3.63) is 0 Å². The molecular formula is C16H30N2O. The minimum absolute atomic E-state index is 0.0615. The van der Waals surface area contributed by atoms with E-state index in [4.69, 9.17) is 0 Å². The molecule has 2 atom stereocenters. The Morgan fingerprint density at radius 3 is 2.47 bits per heavy atom. The number of carbonyl (C=O) groups is 1. The summed E-state index contributed by atoms with van der Waals surface area (Å²) in [5.74, 6) is 0.833. The fraction of sp³-hybridized carbons (Fsp3) is 0.938. The average Bonchev–Trinajstić information content (AvgIpc) is 2.63. The summed E-state index contributed by atoms with van der Waals surface area (Å²) in [6.45, 7) is 9.83. The Hall–Kier alpha value is -0.570. The average molecular weight is 266 g/mol. The Morgan fingerprint density at radius 2 is 2.05 bits per heavy atom. The molecule has 2 rings (SSSR count). The number of hydrogen-bond acceptors (Lipinski definition) is 2. The van der Waals surface area contributed by atoms with Crippen LogP contribution in [0.4, 0.5) is 0 Å². The van der Waals surface area contributed by atoms with E-state index in [1.54, 1.807) is 0 Å². The van der Waals surface area contributed by atoms with Crippen molar-refractivity contribution in [2.75, 3.05) is 6.54 Å². The van der Waals surface area contributed by atoms with Crippen LogP contribution in [0.3, 0.4) is 0 Å². The highest BCUT2D eigenvalue weighted by molar-refractivity contribution is 5.84. The summed E-state index contributed by atoms with van der Waals surface area (Å²) in [5, 5.41) is 3.56. The SMILES string of the molecule is CCCC1NC(C(C)C)N(CC2(CC)CCC2)C1=O. The summed E-state index contributed by atoms with van der Waals surface area (Å²) < 4.78 is 0. The van der Waals surface area contributed by atoms with Gasteiger partial charge >= 0.3 is 0 Å². The Bertz CT molecular complexity index is 317. The molecule has 1 N–H and O–H groups in total. The molecule has 3 heteroatoms. The fourth-order valence-corrected chi connectivity index (χ4v) is 3.59. The van der Waals surface area contributed by atoms with Crippen LogP contribution in [0.15, 0.2) is 0 Å². The summed E-state index contributed by atoms with van der Waals surface area (Å²) in [5.41, 5.74) is 0.422. The van der Waals surface area contributed by atoms with E-state index in [1.165, 1.54) is 25.7 Å². The summed E-state index contributed by atoms with van der Waals surface area (Å²) in [6, 6.07) is 0.0615. The van der Waals surface area contributed by atoms with Gasteiger partial charge in [-0.05, 0) is 37.0 Å². The molecule has 19 heavy (non-hydrogen) atoms. The molecule has 1 saturated carbocycles. The standard InChI is InChI=1S/C16H30N2O/c1-5-8-13-15(19)18(14(17-13)12(3)4)11-16(6-2)9-7-10-16/h12-14,17H,5-11H2,1-4H3. The van der Waals surface area contributed by atoms with Crippen molar-refractivity contribution >= 4 is 5.91 Å². The maximum atomic E-state index is 12.6. The predicted octanol–water partition coefficient (Wildman–Crippen LogP) is 3.15. The van der Waals surface area contributed by atoms with E-state index in [0.29, 0.717) is 17.2 Å². The summed E-state index contributed by atoms with van der Waals surface area (Å²) >= 11 is 0. The largest absolute Gasteiger partial charge is 0.325 e. The molecule has 3 nitrogen and oxygen atoms in total. The quantitative estimate of drug-likeness (QED) is 0.801. The van der Waals surface area contributed by atoms with Crippen molar-refractivity contribution in [2.45, 2.75) is 78.4 Å². The van der Waals surface area contributed by atoms with E-state index in [2.05, 4.69) is 37.9 Å². The van der Waals surface area contributed by atoms with Crippen LogP contribution < -0.4 is 5.32 Å². The molecule has 1 amide bonds. The molecule has 0 radical (unpaired) electrons. The Balaban J connectivity index is 2.08. The van der Waals surface area contributed by atoms with E-state index in [-0.39, 0.29) is 12.2 Å². The van der Waals surface area contributed by atoms with E-state index < -0.39 is 0 Å². The first-order valence-corrected chi connectivity index (χ1v) is 8.09. The van der Waals surface area contributed by atoms with Crippen LogP contribution >= 0.6 is 0 Å². The molecule has 1 aliphatic heterocycles. The normalized spacial score (nSPS) is 29.9. The third-order valence-electron chi connectivity index (χ3n) is 5.17. The lowest BCUT2D eigenvalue weighted by atomic mass is 9.66. The molecule has 1 aliphatic carbocycles. The summed E-state index contributed by atoms with van der Waals surface area (Å²) in [6.07, 6.45) is 7.44. The minimum Gasteiger partial charge on any atom is -0.325 e. The number of carbonyl (C=O) groups excluding carboxylic acids is 1. The molecule has 0 bridgehead atoms. The molecule has 0 aromatic rings. The lowest BCUT2D eigenvalue weighted by molar-refractivity contribution is -0.133. The molecule has 110 valence electrons. The van der Waals surface area contributed by atoms with Gasteiger partial charge in [0.15, 0.2) is 0 Å². The summed E-state index contributed by atoms with van der Waals surface area (Å²) in [4.78, 5) is 14.8. The van der Waals surface area contributed by atoms with E-state index in [9.17, 15) is 4.79 Å². The second-order valence-corrected chi connectivity index (χ2v) is 6.87. The maximum Gasteiger partial charge on any atom is 0.241 e. The van der Waals surface area contributed by atoms with Crippen molar-refractivity contribution in [3.8, 4) is 0 Å². The topological polar surface area (TPSA) is 32.3 Å². The Morgan fingerprint density at radius 1 is 1.37 bits per heavy atom. The lowest BCUT2D eigenvalue weighted by Crippen LogP contribution is -2.49. The Labute approximate surface area is 118 Å².